The summed E-state index contributed by atoms with van der Waals surface area (Å²) in [5, 5.41) is 8.77. The maximum atomic E-state index is 10.7. The minimum atomic E-state index is -0.973. The number of aromatic nitrogens is 1. The number of pyridine rings is 1. The summed E-state index contributed by atoms with van der Waals surface area (Å²) in [6.07, 6.45) is 5.99. The summed E-state index contributed by atoms with van der Waals surface area (Å²) in [6, 6.07) is 11.7. The Morgan fingerprint density at radius 2 is 1.95 bits per heavy atom. The maximum absolute atomic E-state index is 10.7. The van der Waals surface area contributed by atoms with Crippen LogP contribution < -0.4 is 0 Å². The predicted molar refractivity (Wildman–Crippen MR) is 78.0 cm³/mol. The second-order valence-electron chi connectivity index (χ2n) is 4.08. The Balaban J connectivity index is 2.11. The summed E-state index contributed by atoms with van der Waals surface area (Å²) in [4.78, 5) is 14.8. The number of rotatable bonds is 4. The van der Waals surface area contributed by atoms with Gasteiger partial charge in [0.25, 0.3) is 0 Å². The highest BCUT2D eigenvalue weighted by atomic mass is 79.9. The highest BCUT2D eigenvalue weighted by molar-refractivity contribution is 9.12. The van der Waals surface area contributed by atoms with E-state index in [4.69, 9.17) is 5.11 Å². The molecule has 2 aromatic rings. The maximum Gasteiger partial charge on any atom is 0.342 e. The monoisotopic (exact) mass is 317 g/mol. The molecule has 0 radical (unpaired) electrons. The Labute approximate surface area is 119 Å². The Bertz CT molecular complexity index is 591. The van der Waals surface area contributed by atoms with E-state index in [1.54, 1.807) is 12.3 Å². The van der Waals surface area contributed by atoms with Gasteiger partial charge in [-0.05, 0) is 51.2 Å². The molecule has 0 amide bonds. The van der Waals surface area contributed by atoms with Crippen molar-refractivity contribution < 1.29 is 9.90 Å². The molecule has 0 bridgehead atoms. The van der Waals surface area contributed by atoms with Crippen molar-refractivity contribution in [2.24, 2.45) is 0 Å². The first-order valence-electron chi connectivity index (χ1n) is 5.73. The molecule has 0 fully saturated rings. The molecule has 4 heteroatoms. The zero-order valence-corrected chi connectivity index (χ0v) is 11.7. The molecule has 0 unspecified atom stereocenters. The van der Waals surface area contributed by atoms with Crippen molar-refractivity contribution in [3.05, 3.63) is 70.0 Å². The third-order valence-corrected chi connectivity index (χ3v) is 3.18. The van der Waals surface area contributed by atoms with Gasteiger partial charge in [-0.3, -0.25) is 4.98 Å². The first-order chi connectivity index (χ1) is 9.15. The van der Waals surface area contributed by atoms with Gasteiger partial charge in [0.2, 0.25) is 0 Å². The normalized spacial score (nSPS) is 11.3. The number of nitrogens with zero attached hydrogens (tertiary/aromatic N) is 1. The van der Waals surface area contributed by atoms with Crippen LogP contribution in [0.3, 0.4) is 0 Å². The molecule has 96 valence electrons. The fraction of sp³-hybridized carbons (Fsp3) is 0.0667. The van der Waals surface area contributed by atoms with Crippen molar-refractivity contribution in [3.8, 4) is 0 Å². The summed E-state index contributed by atoms with van der Waals surface area (Å²) in [5.41, 5.74) is 3.17. The lowest BCUT2D eigenvalue weighted by Gasteiger charge is -2.02. The minimum Gasteiger partial charge on any atom is -0.477 e. The molecule has 1 N–H and O–H groups in total. The second kappa shape index (κ2) is 6.29. The number of halogens is 1. The van der Waals surface area contributed by atoms with Gasteiger partial charge >= 0.3 is 5.97 Å². The van der Waals surface area contributed by atoms with Gasteiger partial charge in [0.1, 0.15) is 4.48 Å². The lowest BCUT2D eigenvalue weighted by Crippen LogP contribution is -1.93. The topological polar surface area (TPSA) is 50.2 Å². The molecule has 19 heavy (non-hydrogen) atoms. The molecule has 1 aromatic heterocycles. The largest absolute Gasteiger partial charge is 0.477 e. The zero-order valence-electron chi connectivity index (χ0n) is 10.1. The van der Waals surface area contributed by atoms with E-state index in [-0.39, 0.29) is 4.48 Å². The average Bonchev–Trinajstić information content (AvgIpc) is 2.42. The van der Waals surface area contributed by atoms with Crippen LogP contribution in [0.1, 0.15) is 16.7 Å². The van der Waals surface area contributed by atoms with Crippen molar-refractivity contribution in [2.75, 3.05) is 0 Å². The number of carbonyl (C=O) groups is 1. The highest BCUT2D eigenvalue weighted by Crippen LogP contribution is 2.15. The smallest absolute Gasteiger partial charge is 0.342 e. The number of carboxylic acids is 1. The van der Waals surface area contributed by atoms with Gasteiger partial charge in [0.05, 0.1) is 0 Å². The van der Waals surface area contributed by atoms with Crippen molar-refractivity contribution in [1.82, 2.24) is 4.98 Å². The number of carboxylic acid groups (broad SMARTS) is 1. The standard InChI is InChI=1S/C15H12BrNO2/c16-14(15(18)19)9-12-5-3-11(4-6-12)8-13-2-1-7-17-10-13/h1-7,9-10H,8H2,(H,18,19). The fourth-order valence-electron chi connectivity index (χ4n) is 1.68. The first kappa shape index (κ1) is 13.5. The van der Waals surface area contributed by atoms with E-state index in [1.807, 2.05) is 42.6 Å². The lowest BCUT2D eigenvalue weighted by atomic mass is 10.0. The minimum absolute atomic E-state index is 0.146. The molecular formula is C15H12BrNO2. The van der Waals surface area contributed by atoms with E-state index < -0.39 is 5.97 Å². The number of benzene rings is 1. The van der Waals surface area contributed by atoms with E-state index in [1.165, 1.54) is 0 Å². The molecule has 2 rings (SSSR count). The van der Waals surface area contributed by atoms with E-state index in [0.29, 0.717) is 0 Å². The molecule has 0 aliphatic carbocycles. The van der Waals surface area contributed by atoms with Gasteiger partial charge in [-0.25, -0.2) is 4.79 Å². The predicted octanol–water partition coefficient (Wildman–Crippen LogP) is 3.49. The molecule has 0 aliphatic rings. The van der Waals surface area contributed by atoms with Crippen LogP contribution in [0.4, 0.5) is 0 Å². The Morgan fingerprint density at radius 1 is 1.21 bits per heavy atom. The first-order valence-corrected chi connectivity index (χ1v) is 6.53. The molecule has 0 spiro atoms. The third kappa shape index (κ3) is 4.03. The van der Waals surface area contributed by atoms with E-state index >= 15 is 0 Å². The number of aliphatic carboxylic acids is 1. The molecule has 0 atom stereocenters. The second-order valence-corrected chi connectivity index (χ2v) is 4.93. The Hall–Kier alpha value is -1.94. The van der Waals surface area contributed by atoms with Gasteiger partial charge < -0.3 is 5.11 Å². The number of hydrogen-bond acceptors (Lipinski definition) is 2. The van der Waals surface area contributed by atoms with Gasteiger partial charge in [-0.1, -0.05) is 30.3 Å². The quantitative estimate of drug-likeness (QED) is 0.878. The molecule has 3 nitrogen and oxygen atoms in total. The highest BCUT2D eigenvalue weighted by Gasteiger charge is 2.02. The van der Waals surface area contributed by atoms with Crippen LogP contribution in [0.5, 0.6) is 0 Å². The summed E-state index contributed by atoms with van der Waals surface area (Å²) < 4.78 is 0.146. The Kier molecular flexibility index (Phi) is 4.47. The van der Waals surface area contributed by atoms with E-state index in [9.17, 15) is 4.79 Å². The van der Waals surface area contributed by atoms with Crippen LogP contribution >= 0.6 is 15.9 Å². The van der Waals surface area contributed by atoms with Gasteiger partial charge in [-0.2, -0.15) is 0 Å². The summed E-state index contributed by atoms with van der Waals surface area (Å²) in [5.74, 6) is -0.973. The average molecular weight is 318 g/mol. The van der Waals surface area contributed by atoms with Gasteiger partial charge in [0, 0.05) is 12.4 Å². The van der Waals surface area contributed by atoms with Crippen molar-refractivity contribution in [2.45, 2.75) is 6.42 Å². The Morgan fingerprint density at radius 3 is 2.53 bits per heavy atom. The summed E-state index contributed by atoms with van der Waals surface area (Å²) >= 11 is 3.00. The van der Waals surface area contributed by atoms with Crippen molar-refractivity contribution >= 4 is 28.0 Å². The summed E-state index contributed by atoms with van der Waals surface area (Å²) in [6.45, 7) is 0. The molecular weight excluding hydrogens is 306 g/mol. The van der Waals surface area contributed by atoms with E-state index in [0.717, 1.165) is 23.1 Å². The molecule has 0 aliphatic heterocycles. The van der Waals surface area contributed by atoms with Crippen LogP contribution in [0.2, 0.25) is 0 Å². The van der Waals surface area contributed by atoms with Crippen molar-refractivity contribution in [3.63, 3.8) is 0 Å². The van der Waals surface area contributed by atoms with Crippen LogP contribution in [0, 0.1) is 0 Å². The van der Waals surface area contributed by atoms with Crippen molar-refractivity contribution in [1.29, 1.82) is 0 Å². The zero-order chi connectivity index (χ0) is 13.7. The van der Waals surface area contributed by atoms with Crippen LogP contribution in [-0.4, -0.2) is 16.1 Å². The lowest BCUT2D eigenvalue weighted by molar-refractivity contribution is -0.131. The van der Waals surface area contributed by atoms with Gasteiger partial charge in [0.15, 0.2) is 0 Å². The molecule has 0 saturated carbocycles. The van der Waals surface area contributed by atoms with E-state index in [2.05, 4.69) is 20.9 Å². The summed E-state index contributed by atoms with van der Waals surface area (Å²) in [7, 11) is 0. The van der Waals surface area contributed by atoms with Crippen LogP contribution in [0.25, 0.3) is 6.08 Å². The molecule has 1 heterocycles. The fourth-order valence-corrected chi connectivity index (χ4v) is 1.94. The molecule has 0 saturated heterocycles. The van der Waals surface area contributed by atoms with Crippen LogP contribution in [-0.2, 0) is 11.2 Å². The SMILES string of the molecule is O=C(O)C(Br)=Cc1ccc(Cc2cccnc2)cc1. The van der Waals surface area contributed by atoms with Gasteiger partial charge in [-0.15, -0.1) is 0 Å². The number of hydrogen-bond donors (Lipinski definition) is 1. The van der Waals surface area contributed by atoms with Crippen LogP contribution in [0.15, 0.2) is 53.3 Å². The third-order valence-electron chi connectivity index (χ3n) is 2.61. The molecule has 1 aromatic carbocycles.